The number of carboxylic acid groups (broad SMARTS) is 2. The van der Waals surface area contributed by atoms with Gasteiger partial charge in [0.25, 0.3) is 0 Å². The van der Waals surface area contributed by atoms with Gasteiger partial charge in [0.15, 0.2) is 0 Å². The van der Waals surface area contributed by atoms with Gasteiger partial charge in [-0.15, -0.1) is 0 Å². The van der Waals surface area contributed by atoms with Gasteiger partial charge in [0.1, 0.15) is 18.1 Å². The van der Waals surface area contributed by atoms with E-state index in [1.807, 2.05) is 5.32 Å². The standard InChI is InChI=1S/C22H30N6O9/c23-12(9-17(25)30)19(33)27-14(8-11-4-2-1-3-5-11)21(35)26-13(6-7-16(24)29)20(34)28-15(22(36)37)10-18(31)32/h1-5,12-15H,6-10,23H2,(H2,24,29)(H2,25,30)(H,26,35)(H,27,33)(H,28,34)(H,31,32)(H,36,37). The molecule has 15 heteroatoms. The number of amides is 5. The summed E-state index contributed by atoms with van der Waals surface area (Å²) >= 11 is 0. The predicted molar refractivity (Wildman–Crippen MR) is 126 cm³/mol. The van der Waals surface area contributed by atoms with Crippen molar-refractivity contribution < 1.29 is 43.8 Å². The van der Waals surface area contributed by atoms with E-state index in [2.05, 4.69) is 10.6 Å². The molecule has 5 amide bonds. The van der Waals surface area contributed by atoms with Gasteiger partial charge in [-0.05, 0) is 12.0 Å². The Hall–Kier alpha value is -4.53. The Labute approximate surface area is 211 Å². The molecule has 202 valence electrons. The summed E-state index contributed by atoms with van der Waals surface area (Å²) in [5.74, 6) is -7.66. The Kier molecular flexibility index (Phi) is 12.2. The number of nitrogens with one attached hydrogen (secondary N) is 3. The number of rotatable bonds is 16. The zero-order valence-corrected chi connectivity index (χ0v) is 19.7. The summed E-state index contributed by atoms with van der Waals surface area (Å²) in [6.45, 7) is 0. The molecular weight excluding hydrogens is 492 g/mol. The number of carbonyl (C=O) groups excluding carboxylic acids is 5. The number of benzene rings is 1. The highest BCUT2D eigenvalue weighted by atomic mass is 16.4. The maximum absolute atomic E-state index is 13.1. The van der Waals surface area contributed by atoms with Crippen LogP contribution in [-0.4, -0.2) is 75.9 Å². The van der Waals surface area contributed by atoms with E-state index in [0.29, 0.717) is 5.56 Å². The number of carboxylic acids is 2. The van der Waals surface area contributed by atoms with E-state index in [1.165, 1.54) is 0 Å². The van der Waals surface area contributed by atoms with Crippen molar-refractivity contribution in [2.75, 3.05) is 0 Å². The number of hydrogen-bond acceptors (Lipinski definition) is 8. The molecule has 0 bridgehead atoms. The van der Waals surface area contributed by atoms with E-state index in [-0.39, 0.29) is 19.3 Å². The lowest BCUT2D eigenvalue weighted by Crippen LogP contribution is -2.58. The van der Waals surface area contributed by atoms with Crippen LogP contribution in [0.4, 0.5) is 0 Å². The molecule has 4 unspecified atom stereocenters. The number of aliphatic carboxylic acids is 2. The van der Waals surface area contributed by atoms with Gasteiger partial charge < -0.3 is 43.4 Å². The number of nitrogens with two attached hydrogens (primary N) is 3. The molecule has 0 saturated carbocycles. The molecule has 0 aliphatic heterocycles. The molecule has 1 aromatic rings. The minimum atomic E-state index is -1.82. The third-order valence-corrected chi connectivity index (χ3v) is 4.98. The molecule has 1 rings (SSSR count). The van der Waals surface area contributed by atoms with Gasteiger partial charge in [0.05, 0.1) is 18.9 Å². The summed E-state index contributed by atoms with van der Waals surface area (Å²) in [6, 6.07) is 2.42. The fourth-order valence-electron chi connectivity index (χ4n) is 3.12. The zero-order valence-electron chi connectivity index (χ0n) is 19.7. The quantitative estimate of drug-likeness (QED) is 0.107. The molecule has 0 heterocycles. The monoisotopic (exact) mass is 522 g/mol. The molecule has 15 nitrogen and oxygen atoms in total. The fraction of sp³-hybridized carbons (Fsp3) is 0.409. The van der Waals surface area contributed by atoms with Crippen LogP contribution in [0.25, 0.3) is 0 Å². The fourth-order valence-corrected chi connectivity index (χ4v) is 3.12. The Balaban J connectivity index is 3.15. The highest BCUT2D eigenvalue weighted by Gasteiger charge is 2.31. The number of primary amides is 2. The van der Waals surface area contributed by atoms with E-state index in [0.717, 1.165) is 0 Å². The second kappa shape index (κ2) is 14.8. The van der Waals surface area contributed by atoms with Crippen molar-refractivity contribution in [1.29, 1.82) is 0 Å². The third kappa shape index (κ3) is 11.6. The summed E-state index contributed by atoms with van der Waals surface area (Å²) < 4.78 is 0. The van der Waals surface area contributed by atoms with Crippen molar-refractivity contribution in [2.24, 2.45) is 17.2 Å². The number of hydrogen-bond donors (Lipinski definition) is 8. The molecule has 4 atom stereocenters. The molecular formula is C22H30N6O9. The molecule has 0 aliphatic carbocycles. The second-order valence-electron chi connectivity index (χ2n) is 8.09. The summed E-state index contributed by atoms with van der Waals surface area (Å²) in [4.78, 5) is 82.9. The minimum absolute atomic E-state index is 0.0668. The van der Waals surface area contributed by atoms with Gasteiger partial charge >= 0.3 is 11.9 Å². The third-order valence-electron chi connectivity index (χ3n) is 4.98. The van der Waals surface area contributed by atoms with Crippen LogP contribution in [0.5, 0.6) is 0 Å². The van der Waals surface area contributed by atoms with Gasteiger partial charge in [0.2, 0.25) is 29.5 Å². The Bertz CT molecular complexity index is 1020. The van der Waals surface area contributed by atoms with Crippen LogP contribution in [0.15, 0.2) is 30.3 Å². The molecule has 37 heavy (non-hydrogen) atoms. The summed E-state index contributed by atoms with van der Waals surface area (Å²) in [7, 11) is 0. The van der Waals surface area contributed by atoms with Gasteiger partial charge in [-0.3, -0.25) is 28.8 Å². The SMILES string of the molecule is NC(=O)CCC(NC(=O)C(Cc1ccccc1)NC(=O)C(N)CC(N)=O)C(=O)NC(CC(=O)O)C(=O)O. The van der Waals surface area contributed by atoms with Gasteiger partial charge in [-0.25, -0.2) is 4.79 Å². The van der Waals surface area contributed by atoms with Crippen LogP contribution in [0, 0.1) is 0 Å². The summed E-state index contributed by atoms with van der Waals surface area (Å²) in [5, 5.41) is 24.8. The van der Waals surface area contributed by atoms with Crippen molar-refractivity contribution in [1.82, 2.24) is 16.0 Å². The largest absolute Gasteiger partial charge is 0.481 e. The summed E-state index contributed by atoms with van der Waals surface area (Å²) in [6.07, 6.45) is -2.23. The lowest BCUT2D eigenvalue weighted by atomic mass is 10.0. The average molecular weight is 523 g/mol. The maximum atomic E-state index is 13.1. The van der Waals surface area contributed by atoms with Crippen molar-refractivity contribution in [3.63, 3.8) is 0 Å². The average Bonchev–Trinajstić information content (AvgIpc) is 2.80. The first-order chi connectivity index (χ1) is 17.3. The van der Waals surface area contributed by atoms with Gasteiger partial charge in [-0.2, -0.15) is 0 Å². The van der Waals surface area contributed by atoms with Crippen LogP contribution in [0.3, 0.4) is 0 Å². The van der Waals surface area contributed by atoms with Crippen molar-refractivity contribution >= 4 is 41.5 Å². The highest BCUT2D eigenvalue weighted by Crippen LogP contribution is 2.07. The Morgan fingerprint density at radius 3 is 1.78 bits per heavy atom. The van der Waals surface area contributed by atoms with Crippen LogP contribution in [-0.2, 0) is 40.0 Å². The summed E-state index contributed by atoms with van der Waals surface area (Å²) in [5.41, 5.74) is 16.4. The molecule has 0 fully saturated rings. The maximum Gasteiger partial charge on any atom is 0.326 e. The van der Waals surface area contributed by atoms with Crippen LogP contribution < -0.4 is 33.2 Å². The van der Waals surface area contributed by atoms with Crippen molar-refractivity contribution in [2.45, 2.75) is 56.3 Å². The van der Waals surface area contributed by atoms with Gasteiger partial charge in [0, 0.05) is 12.8 Å². The lowest BCUT2D eigenvalue weighted by Gasteiger charge is -2.25. The first-order valence-corrected chi connectivity index (χ1v) is 11.0. The second-order valence-corrected chi connectivity index (χ2v) is 8.09. The van der Waals surface area contributed by atoms with Crippen LogP contribution in [0.1, 0.15) is 31.2 Å². The van der Waals surface area contributed by atoms with Crippen molar-refractivity contribution in [3.8, 4) is 0 Å². The van der Waals surface area contributed by atoms with Crippen LogP contribution >= 0.6 is 0 Å². The zero-order chi connectivity index (χ0) is 28.1. The Morgan fingerprint density at radius 2 is 1.27 bits per heavy atom. The van der Waals surface area contributed by atoms with E-state index in [4.69, 9.17) is 22.3 Å². The number of carbonyl (C=O) groups is 7. The normalized spacial score (nSPS) is 13.8. The lowest BCUT2D eigenvalue weighted by molar-refractivity contribution is -0.147. The first kappa shape index (κ1) is 30.5. The van der Waals surface area contributed by atoms with E-state index in [9.17, 15) is 38.7 Å². The molecule has 0 spiro atoms. The van der Waals surface area contributed by atoms with Crippen molar-refractivity contribution in [3.05, 3.63) is 35.9 Å². The molecule has 11 N–H and O–H groups in total. The molecule has 0 aromatic heterocycles. The van der Waals surface area contributed by atoms with Crippen LogP contribution in [0.2, 0.25) is 0 Å². The topological polar surface area (TPSA) is 274 Å². The first-order valence-electron chi connectivity index (χ1n) is 11.0. The van der Waals surface area contributed by atoms with E-state index < -0.39 is 78.5 Å². The molecule has 0 aliphatic rings. The molecule has 1 aromatic carbocycles. The van der Waals surface area contributed by atoms with E-state index in [1.54, 1.807) is 30.3 Å². The molecule has 0 radical (unpaired) electrons. The minimum Gasteiger partial charge on any atom is -0.481 e. The van der Waals surface area contributed by atoms with E-state index >= 15 is 0 Å². The molecule has 0 saturated heterocycles. The predicted octanol–water partition coefficient (Wildman–Crippen LogP) is -3.29. The highest BCUT2D eigenvalue weighted by molar-refractivity contribution is 5.95. The smallest absolute Gasteiger partial charge is 0.326 e. The van der Waals surface area contributed by atoms with Gasteiger partial charge in [-0.1, -0.05) is 30.3 Å². The Morgan fingerprint density at radius 1 is 0.730 bits per heavy atom.